The highest BCUT2D eigenvalue weighted by atomic mass is 35.5. The normalized spacial score (nSPS) is 23.3. The minimum absolute atomic E-state index is 0.000690. The van der Waals surface area contributed by atoms with E-state index < -0.39 is 223 Å². The Balaban J connectivity index is 1.18. The van der Waals surface area contributed by atoms with Gasteiger partial charge < -0.3 is 120 Å². The van der Waals surface area contributed by atoms with Crippen molar-refractivity contribution in [3.63, 3.8) is 0 Å². The number of nitrogens with zero attached hydrogens (tertiary/aromatic N) is 6. The van der Waals surface area contributed by atoms with Crippen LogP contribution < -0.4 is 75.7 Å². The molecular weight excluding hydrogens is 1770 g/mol. The van der Waals surface area contributed by atoms with E-state index in [1.54, 1.807) is 74.8 Å². The van der Waals surface area contributed by atoms with Crippen molar-refractivity contribution >= 4 is 152 Å². The summed E-state index contributed by atoms with van der Waals surface area (Å²) in [4.78, 5) is 267. The summed E-state index contributed by atoms with van der Waals surface area (Å²) in [6.45, 7) is 5.88. The molecule has 2 aliphatic rings. The number of aliphatic hydroxyl groups is 1. The number of unbranched alkanes of at least 4 members (excludes halogenated alkanes) is 2. The summed E-state index contributed by atoms with van der Waals surface area (Å²) in [5, 5.41) is 49.8. The van der Waals surface area contributed by atoms with Gasteiger partial charge in [-0.3, -0.25) is 86.9 Å². The molecule has 0 saturated carbocycles. The van der Waals surface area contributed by atoms with Crippen LogP contribution >= 0.6 is 23.4 Å². The highest BCUT2D eigenvalue weighted by molar-refractivity contribution is 8.00. The molecule has 0 aliphatic carbocycles. The van der Waals surface area contributed by atoms with Crippen LogP contribution in [0.15, 0.2) is 97.7 Å². The second kappa shape index (κ2) is 51.7. The first-order valence-electron chi connectivity index (χ1n) is 44.8. The number of rotatable bonds is 27. The lowest BCUT2D eigenvalue weighted by atomic mass is 10.00. The maximum atomic E-state index is 15.7. The van der Waals surface area contributed by atoms with Crippen LogP contribution in [0.2, 0.25) is 5.02 Å². The quantitative estimate of drug-likeness (QED) is 0.0165. The molecule has 2 fully saturated rings. The first-order chi connectivity index (χ1) is 63.8. The fraction of sp³-hybridized carbons (Fsp3) is 0.522. The minimum Gasteiger partial charge on any atom is -0.394 e. The molecule has 2 saturated heterocycles. The zero-order valence-electron chi connectivity index (χ0n) is 76.9. The van der Waals surface area contributed by atoms with E-state index in [0.29, 0.717) is 58.4 Å². The van der Waals surface area contributed by atoms with Gasteiger partial charge in [0, 0.05) is 117 Å². The summed E-state index contributed by atoms with van der Waals surface area (Å²) >= 11 is 7.30. The summed E-state index contributed by atoms with van der Waals surface area (Å²) < 4.78 is 0. The molecule has 0 spiro atoms. The number of primary amides is 2. The van der Waals surface area contributed by atoms with E-state index in [1.165, 1.54) is 47.6 Å². The van der Waals surface area contributed by atoms with E-state index >= 15 is 24.0 Å². The number of thioether (sulfide) groups is 1. The Morgan fingerprint density at radius 3 is 1.82 bits per heavy atom. The molecule has 2 aliphatic heterocycles. The third-order valence-electron chi connectivity index (χ3n) is 23.5. The average molecular weight is 1900 g/mol. The number of hydrogen-bond donors (Lipinski definition) is 19. The van der Waals surface area contributed by atoms with Crippen molar-refractivity contribution in [2.45, 2.75) is 222 Å². The van der Waals surface area contributed by atoms with Crippen LogP contribution in [-0.4, -0.2) is 307 Å². The van der Waals surface area contributed by atoms with Gasteiger partial charge in [-0.05, 0) is 112 Å². The maximum absolute atomic E-state index is 15.7. The van der Waals surface area contributed by atoms with Crippen LogP contribution in [0.4, 0.5) is 0 Å². The molecule has 42 nitrogen and oxygen atoms in total. The van der Waals surface area contributed by atoms with Crippen molar-refractivity contribution in [2.24, 2.45) is 23.1 Å². The van der Waals surface area contributed by atoms with Gasteiger partial charge in [-0.1, -0.05) is 114 Å². The number of imidazole rings is 1. The zero-order chi connectivity index (χ0) is 98.2. The fourth-order valence-corrected chi connectivity index (χ4v) is 17.0. The zero-order valence-corrected chi connectivity index (χ0v) is 78.5. The van der Waals surface area contributed by atoms with Crippen LogP contribution in [0.3, 0.4) is 0 Å². The number of amides is 17. The predicted octanol–water partition coefficient (Wildman–Crippen LogP) is -1.09. The van der Waals surface area contributed by atoms with E-state index in [2.05, 4.69) is 78.4 Å². The number of fused-ring (bicyclic) bond motifs is 3. The molecule has 134 heavy (non-hydrogen) atoms. The number of aliphatic hydroxyl groups excluding tert-OH is 1. The Labute approximate surface area is 785 Å². The number of nitrogens with two attached hydrogens (primary N) is 3. The number of nitrogens with one attached hydrogen (secondary N) is 15. The third kappa shape index (κ3) is 31.0. The largest absolute Gasteiger partial charge is 0.394 e. The van der Waals surface area contributed by atoms with Crippen LogP contribution in [0.5, 0.6) is 0 Å². The van der Waals surface area contributed by atoms with Crippen molar-refractivity contribution < 1.29 is 86.6 Å². The number of H-pyrrole nitrogens is 3. The number of hydrogen-bond acceptors (Lipinski definition) is 21. The highest BCUT2D eigenvalue weighted by Crippen LogP contribution is 2.27. The number of carbonyl (C=O) groups is 17. The minimum atomic E-state index is -1.86. The first-order valence-corrected chi connectivity index (χ1v) is 46.3. The Hall–Kier alpha value is -13.2. The predicted molar refractivity (Wildman–Crippen MR) is 499 cm³/mol. The van der Waals surface area contributed by atoms with E-state index in [9.17, 15) is 62.6 Å². The highest BCUT2D eigenvalue weighted by Gasteiger charge is 2.44. The van der Waals surface area contributed by atoms with E-state index in [4.69, 9.17) is 34.2 Å². The first kappa shape index (κ1) is 106. The SMILES string of the molecule is CCCC[C@H]1C(=O)N(C)[C@@H](CCCC)C(=O)N[C@@H](CCCNC(=N)N)C(=O)N[C@H](C(=O)NCC(N)=O)CSCC(=O)N[C@@H](Cc2ccccc2)C(=O)N(C)[C@@H](C)C(=O)N[C@@H](CC(N)=O)C(=O)N2CCC[C@H]2C(=O)N[C@@H](Cc2cnc[nH]2)C(=O)N[C@@H](CC(C)C)C(=O)N(C)CC(=O)N[C@@H](Cc2c[nH]c3ccc(Cl)cc23)C(=O)N[C@@H](CO)C(=O)N[C@@H](CCc2c[nH]c3ccccc23)C(=O)N1C. The van der Waals surface area contributed by atoms with Crippen molar-refractivity contribution in [3.05, 3.63) is 125 Å². The molecule has 13 atom stereocenters. The molecule has 22 N–H and O–H groups in total. The lowest BCUT2D eigenvalue weighted by Gasteiger charge is -2.36. The molecule has 0 bridgehead atoms. The van der Waals surface area contributed by atoms with Gasteiger partial charge in [0.05, 0.1) is 38.2 Å². The number of carbonyl (C=O) groups excluding carboxylic acids is 17. The molecule has 44 heteroatoms. The molecule has 8 rings (SSSR count). The summed E-state index contributed by atoms with van der Waals surface area (Å²) in [6, 6.07) is 0.933. The molecule has 17 amide bonds. The number of aromatic nitrogens is 4. The van der Waals surface area contributed by atoms with Crippen molar-refractivity contribution in [1.82, 2.24) is 103 Å². The third-order valence-corrected chi connectivity index (χ3v) is 24.7. The number of aromatic amines is 3. The fourth-order valence-electron chi connectivity index (χ4n) is 16.0. The van der Waals surface area contributed by atoms with Gasteiger partial charge in [0.15, 0.2) is 5.96 Å². The van der Waals surface area contributed by atoms with Crippen LogP contribution in [0.1, 0.15) is 140 Å². The topological polar surface area (TPSA) is 621 Å². The standard InChI is InChI=1S/C90H127ClN24O18S/c1-10-12-26-70-83(127)104-61(25-19-33-97-90(94)95)79(123)110-69(78(122)100-44-74(93)118)47-134-48-76(120)103-66(36-52-21-15-14-16-22-52)87(131)112(7)51(5)77(121)107-67(40-73(92)117)88(132)115-34-20-28-71(115)84(128)106-64(39-56-43-96-49-101-56)81(125)108-65(35-50(3)4)85(129)111(6)45-75(119)102-63(37-54-42-99-60-32-30-55(91)38-58(54)60)80(124)109-68(46-116)82(126)105-62(31-29-53-41-98-59-24-18-17-23-57(53)59)86(130)114(9)72(27-13-11-2)89(133)113(70)8/h14-18,21-24,30,32,38,41-43,49-51,61-72,98-99,116H,10-13,19-20,25-29,31,33-37,39-40,44-48H2,1-9H3,(H2,92,117)(H2,93,118)(H,96,101)(H,100,122)(H,102,119)(H,103,120)(H,104,127)(H,105,126)(H,106,128)(H,107,121)(H,108,125)(H,109,124)(H,110,123)(H4,94,95,97)/t51-,61-,62-,63-,64-,65-,66-,67-,68-,69-,70-,71-,72-/m0/s1. The number of benzene rings is 3. The van der Waals surface area contributed by atoms with Crippen LogP contribution in [0, 0.1) is 11.3 Å². The monoisotopic (exact) mass is 1900 g/mol. The van der Waals surface area contributed by atoms with Crippen molar-refractivity contribution in [3.8, 4) is 0 Å². The summed E-state index contributed by atoms with van der Waals surface area (Å²) in [5.41, 5.74) is 20.2. The molecule has 6 aromatic rings. The van der Waals surface area contributed by atoms with E-state index in [1.807, 2.05) is 38.1 Å². The Bertz CT molecular complexity index is 5130. The second-order valence-electron chi connectivity index (χ2n) is 34.1. The van der Waals surface area contributed by atoms with Crippen molar-refractivity contribution in [2.75, 3.05) is 72.5 Å². The Kier molecular flexibility index (Phi) is 41.0. The van der Waals surface area contributed by atoms with Gasteiger partial charge in [-0.25, -0.2) is 4.98 Å². The van der Waals surface area contributed by atoms with Crippen LogP contribution in [-0.2, 0) is 107 Å². The number of aryl methyl sites for hydroxylation is 1. The number of guanidine groups is 1. The summed E-state index contributed by atoms with van der Waals surface area (Å²) in [7, 11) is 5.24. The number of halogens is 1. The lowest BCUT2D eigenvalue weighted by molar-refractivity contribution is -0.149. The van der Waals surface area contributed by atoms with Gasteiger partial charge in [-0.15, -0.1) is 11.8 Å². The summed E-state index contributed by atoms with van der Waals surface area (Å²) in [6.07, 6.45) is 6.18. The Morgan fingerprint density at radius 1 is 0.567 bits per heavy atom. The van der Waals surface area contributed by atoms with Gasteiger partial charge in [0.25, 0.3) is 0 Å². The Morgan fingerprint density at radius 2 is 1.16 bits per heavy atom. The average Bonchev–Trinajstić information content (AvgIpc) is 0.930. The van der Waals surface area contributed by atoms with Gasteiger partial charge in [0.1, 0.15) is 78.5 Å². The number of para-hydroxylation sites is 1. The molecular formula is C90H127ClN24O18S. The van der Waals surface area contributed by atoms with E-state index in [0.717, 1.165) is 52.7 Å². The molecule has 0 radical (unpaired) electrons. The van der Waals surface area contributed by atoms with Gasteiger partial charge in [-0.2, -0.15) is 0 Å². The molecule has 3 aromatic heterocycles. The maximum Gasteiger partial charge on any atom is 0.246 e. The molecule has 0 unspecified atom stereocenters. The van der Waals surface area contributed by atoms with Crippen molar-refractivity contribution in [1.29, 1.82) is 5.41 Å². The van der Waals surface area contributed by atoms with Gasteiger partial charge >= 0.3 is 0 Å². The molecule has 5 heterocycles. The number of likely N-dealkylation sites (N-methyl/N-ethyl adjacent to an activating group) is 4. The van der Waals surface area contributed by atoms with Gasteiger partial charge in [0.2, 0.25) is 100 Å². The summed E-state index contributed by atoms with van der Waals surface area (Å²) in [5.74, 6) is -17.2. The van der Waals surface area contributed by atoms with Crippen LogP contribution in [0.25, 0.3) is 21.8 Å². The lowest BCUT2D eigenvalue weighted by Crippen LogP contribution is -2.61. The smallest absolute Gasteiger partial charge is 0.246 e. The molecule has 728 valence electrons. The van der Waals surface area contributed by atoms with E-state index in [-0.39, 0.29) is 96.1 Å². The second-order valence-corrected chi connectivity index (χ2v) is 35.6. The molecule has 3 aromatic carbocycles.